The molecule has 5 heteroatoms. The average molecular weight is 265 g/mol. The number of nitrogens with zero attached hydrogens (tertiary/aromatic N) is 2. The molecule has 0 aliphatic heterocycles. The molecule has 1 fully saturated rings. The van der Waals surface area contributed by atoms with E-state index in [2.05, 4.69) is 15.3 Å². The third-order valence-electron chi connectivity index (χ3n) is 3.12. The first-order chi connectivity index (χ1) is 8.75. The quantitative estimate of drug-likeness (QED) is 0.909. The topological polar surface area (TPSA) is 54.9 Å². The van der Waals surface area contributed by atoms with Gasteiger partial charge in [-0.2, -0.15) is 0 Å². The fourth-order valence-corrected chi connectivity index (χ4v) is 3.49. The Morgan fingerprint density at radius 3 is 2.67 bits per heavy atom. The normalized spacial score (nSPS) is 18.3. The molecule has 0 saturated heterocycles. The number of hydrogen-bond donors (Lipinski definition) is 1. The molecule has 1 heterocycles. The summed E-state index contributed by atoms with van der Waals surface area (Å²) in [7, 11) is 0. The summed E-state index contributed by atoms with van der Waals surface area (Å²) in [5.41, 5.74) is 0. The van der Waals surface area contributed by atoms with Crippen LogP contribution in [0.5, 0.6) is 0 Å². The Hall–Kier alpha value is -1.10. The van der Waals surface area contributed by atoms with Crippen molar-refractivity contribution in [2.45, 2.75) is 49.5 Å². The van der Waals surface area contributed by atoms with Crippen LogP contribution in [0.3, 0.4) is 0 Å². The van der Waals surface area contributed by atoms with E-state index in [4.69, 9.17) is 0 Å². The molecule has 98 valence electrons. The lowest BCUT2D eigenvalue weighted by Crippen LogP contribution is -2.26. The summed E-state index contributed by atoms with van der Waals surface area (Å²) < 4.78 is 0. The minimum Gasteiger partial charge on any atom is -0.294 e. The maximum absolute atomic E-state index is 12.0. The first-order valence-corrected chi connectivity index (χ1v) is 7.43. The molecule has 1 saturated carbocycles. The monoisotopic (exact) mass is 265 g/mol. The third kappa shape index (κ3) is 3.98. The van der Waals surface area contributed by atoms with Crippen molar-refractivity contribution in [2.75, 3.05) is 5.32 Å². The largest absolute Gasteiger partial charge is 0.294 e. The van der Waals surface area contributed by atoms with Gasteiger partial charge in [0.15, 0.2) is 0 Å². The molecule has 2 rings (SSSR count). The number of anilines is 1. The van der Waals surface area contributed by atoms with E-state index in [9.17, 15) is 4.79 Å². The van der Waals surface area contributed by atoms with Crippen molar-refractivity contribution in [1.29, 1.82) is 0 Å². The first-order valence-electron chi connectivity index (χ1n) is 6.49. The summed E-state index contributed by atoms with van der Waals surface area (Å²) >= 11 is 1.78. The molecule has 18 heavy (non-hydrogen) atoms. The van der Waals surface area contributed by atoms with Crippen LogP contribution in [0.15, 0.2) is 18.5 Å². The number of thioether (sulfide) groups is 1. The van der Waals surface area contributed by atoms with E-state index >= 15 is 0 Å². The molecule has 0 spiro atoms. The Kier molecular flexibility index (Phi) is 4.99. The number of rotatable bonds is 4. The van der Waals surface area contributed by atoms with E-state index < -0.39 is 0 Å². The number of nitrogens with one attached hydrogen (secondary N) is 1. The van der Waals surface area contributed by atoms with Crippen LogP contribution in [-0.2, 0) is 4.79 Å². The van der Waals surface area contributed by atoms with E-state index in [1.54, 1.807) is 30.2 Å². The van der Waals surface area contributed by atoms with Crippen molar-refractivity contribution in [2.24, 2.45) is 0 Å². The first kappa shape index (κ1) is 13.3. The maximum Gasteiger partial charge on any atom is 0.239 e. The van der Waals surface area contributed by atoms with Crippen LogP contribution in [0, 0.1) is 0 Å². The summed E-state index contributed by atoms with van der Waals surface area (Å²) in [6.07, 6.45) is 9.68. The Balaban J connectivity index is 1.81. The van der Waals surface area contributed by atoms with Crippen molar-refractivity contribution in [3.05, 3.63) is 18.5 Å². The van der Waals surface area contributed by atoms with Gasteiger partial charge >= 0.3 is 0 Å². The van der Waals surface area contributed by atoms with Crippen molar-refractivity contribution in [3.8, 4) is 0 Å². The second-order valence-electron chi connectivity index (χ2n) is 4.60. The molecule has 4 nitrogen and oxygen atoms in total. The van der Waals surface area contributed by atoms with Gasteiger partial charge in [-0.3, -0.25) is 10.1 Å². The Labute approximate surface area is 112 Å². The van der Waals surface area contributed by atoms with E-state index in [0.717, 1.165) is 0 Å². The second kappa shape index (κ2) is 6.73. The zero-order valence-electron chi connectivity index (χ0n) is 10.6. The minimum absolute atomic E-state index is 0.00299. The van der Waals surface area contributed by atoms with Gasteiger partial charge in [0.2, 0.25) is 11.9 Å². The lowest BCUT2D eigenvalue weighted by atomic mass is 10.0. The number of hydrogen-bond acceptors (Lipinski definition) is 4. The highest BCUT2D eigenvalue weighted by molar-refractivity contribution is 8.01. The van der Waals surface area contributed by atoms with Crippen LogP contribution in [0.2, 0.25) is 0 Å². The van der Waals surface area contributed by atoms with Crippen LogP contribution in [0.25, 0.3) is 0 Å². The van der Waals surface area contributed by atoms with E-state index in [1.807, 2.05) is 6.92 Å². The van der Waals surface area contributed by atoms with E-state index in [-0.39, 0.29) is 11.2 Å². The molecule has 1 aliphatic rings. The summed E-state index contributed by atoms with van der Waals surface area (Å²) in [5.74, 6) is 0.385. The molecule has 1 atom stereocenters. The highest BCUT2D eigenvalue weighted by atomic mass is 32.2. The van der Waals surface area contributed by atoms with Gasteiger partial charge in [0.05, 0.1) is 5.25 Å². The zero-order chi connectivity index (χ0) is 12.8. The molecular weight excluding hydrogens is 246 g/mol. The van der Waals surface area contributed by atoms with Gasteiger partial charge in [-0.25, -0.2) is 9.97 Å². The minimum atomic E-state index is -0.0445. The van der Waals surface area contributed by atoms with Gasteiger partial charge in [-0.05, 0) is 25.8 Å². The van der Waals surface area contributed by atoms with Crippen molar-refractivity contribution in [1.82, 2.24) is 9.97 Å². The molecule has 0 aromatic carbocycles. The second-order valence-corrected chi connectivity index (χ2v) is 6.25. The molecule has 0 bridgehead atoms. The summed E-state index contributed by atoms with van der Waals surface area (Å²) in [6.45, 7) is 1.96. The average Bonchev–Trinajstić information content (AvgIpc) is 2.41. The fraction of sp³-hybridized carbons (Fsp3) is 0.615. The highest BCUT2D eigenvalue weighted by Gasteiger charge is 2.21. The van der Waals surface area contributed by atoms with Crippen molar-refractivity contribution >= 4 is 23.6 Å². The molecular formula is C13H19N3OS. The third-order valence-corrected chi connectivity index (χ3v) is 4.60. The molecule has 0 radical (unpaired) electrons. The van der Waals surface area contributed by atoms with Gasteiger partial charge in [-0.1, -0.05) is 19.3 Å². The predicted molar refractivity (Wildman–Crippen MR) is 74.6 cm³/mol. The predicted octanol–water partition coefficient (Wildman–Crippen LogP) is 2.87. The number of amides is 1. The Bertz CT molecular complexity index is 379. The van der Waals surface area contributed by atoms with Gasteiger partial charge in [-0.15, -0.1) is 11.8 Å². The molecule has 1 aromatic rings. The van der Waals surface area contributed by atoms with Crippen LogP contribution >= 0.6 is 11.8 Å². The van der Waals surface area contributed by atoms with E-state index in [1.165, 1.54) is 32.1 Å². The van der Waals surface area contributed by atoms with Crippen LogP contribution in [-0.4, -0.2) is 26.4 Å². The molecule has 1 N–H and O–H groups in total. The van der Waals surface area contributed by atoms with Crippen LogP contribution < -0.4 is 5.32 Å². The summed E-state index contributed by atoms with van der Waals surface area (Å²) in [5, 5.41) is 3.34. The number of aromatic nitrogens is 2. The fourth-order valence-electron chi connectivity index (χ4n) is 2.13. The highest BCUT2D eigenvalue weighted by Crippen LogP contribution is 2.31. The van der Waals surface area contributed by atoms with E-state index in [0.29, 0.717) is 11.2 Å². The van der Waals surface area contributed by atoms with Gasteiger partial charge in [0.25, 0.3) is 0 Å². The SMILES string of the molecule is CC(SC1CCCCC1)C(=O)Nc1ncccn1. The summed E-state index contributed by atoms with van der Waals surface area (Å²) in [6, 6.07) is 1.73. The van der Waals surface area contributed by atoms with Crippen molar-refractivity contribution in [3.63, 3.8) is 0 Å². The molecule has 1 amide bonds. The lowest BCUT2D eigenvalue weighted by Gasteiger charge is -2.23. The van der Waals surface area contributed by atoms with Gasteiger partial charge in [0.1, 0.15) is 0 Å². The standard InChI is InChI=1S/C13H19N3OS/c1-10(18-11-6-3-2-4-7-11)12(17)16-13-14-8-5-9-15-13/h5,8-11H,2-4,6-7H2,1H3,(H,14,15,16,17). The Morgan fingerprint density at radius 2 is 2.00 bits per heavy atom. The van der Waals surface area contributed by atoms with Crippen LogP contribution in [0.1, 0.15) is 39.0 Å². The smallest absolute Gasteiger partial charge is 0.239 e. The molecule has 1 unspecified atom stereocenters. The molecule has 1 aliphatic carbocycles. The number of carbonyl (C=O) groups excluding carboxylic acids is 1. The maximum atomic E-state index is 12.0. The summed E-state index contributed by atoms with van der Waals surface area (Å²) in [4.78, 5) is 20.0. The van der Waals surface area contributed by atoms with Crippen molar-refractivity contribution < 1.29 is 4.79 Å². The van der Waals surface area contributed by atoms with Gasteiger partial charge < -0.3 is 0 Å². The zero-order valence-corrected chi connectivity index (χ0v) is 11.4. The Morgan fingerprint density at radius 1 is 1.33 bits per heavy atom. The molecule has 1 aromatic heterocycles. The number of carbonyl (C=O) groups is 1. The lowest BCUT2D eigenvalue weighted by molar-refractivity contribution is -0.115. The van der Waals surface area contributed by atoms with Gasteiger partial charge in [0, 0.05) is 17.6 Å². The van der Waals surface area contributed by atoms with Crippen LogP contribution in [0.4, 0.5) is 5.95 Å².